The van der Waals surface area contributed by atoms with Crippen molar-refractivity contribution in [2.45, 2.75) is 13.8 Å². The Hall–Kier alpha value is -2.04. The molecule has 0 saturated carbocycles. The van der Waals surface area contributed by atoms with E-state index in [-0.39, 0.29) is 22.5 Å². The Balaban J connectivity index is 3.37. The summed E-state index contributed by atoms with van der Waals surface area (Å²) in [5.74, 6) is -1.20. The van der Waals surface area contributed by atoms with E-state index < -0.39 is 11.9 Å². The van der Waals surface area contributed by atoms with Gasteiger partial charge in [-0.2, -0.15) is 0 Å². The molecular formula is C12H14O5. The van der Waals surface area contributed by atoms with Gasteiger partial charge in [0.05, 0.1) is 31.1 Å². The number of hydrogen-bond acceptors (Lipinski definition) is 5. The van der Waals surface area contributed by atoms with Gasteiger partial charge >= 0.3 is 11.9 Å². The van der Waals surface area contributed by atoms with Crippen molar-refractivity contribution in [3.63, 3.8) is 0 Å². The summed E-state index contributed by atoms with van der Waals surface area (Å²) >= 11 is 0. The predicted octanol–water partition coefficient (Wildman–Crippen LogP) is 1.42. The third-order valence-corrected chi connectivity index (χ3v) is 2.52. The fourth-order valence-electron chi connectivity index (χ4n) is 1.63. The maximum Gasteiger partial charge on any atom is 0.338 e. The van der Waals surface area contributed by atoms with E-state index in [1.807, 2.05) is 0 Å². The number of aliphatic hydroxyl groups excluding tert-OH is 1. The van der Waals surface area contributed by atoms with Crippen molar-refractivity contribution in [1.82, 2.24) is 0 Å². The molecule has 0 aliphatic heterocycles. The SMILES string of the molecule is COC(=O)C1=C/C(=C(\C)O)C(C(=O)OC)=C1C. The van der Waals surface area contributed by atoms with Crippen LogP contribution in [0.2, 0.25) is 0 Å². The second-order valence-electron chi connectivity index (χ2n) is 3.54. The van der Waals surface area contributed by atoms with Gasteiger partial charge in [-0.1, -0.05) is 0 Å². The minimum absolute atomic E-state index is 0.0522. The van der Waals surface area contributed by atoms with Crippen LogP contribution in [-0.2, 0) is 19.1 Å². The number of rotatable bonds is 2. The smallest absolute Gasteiger partial charge is 0.338 e. The van der Waals surface area contributed by atoms with E-state index in [1.165, 1.54) is 27.2 Å². The lowest BCUT2D eigenvalue weighted by molar-refractivity contribution is -0.136. The summed E-state index contributed by atoms with van der Waals surface area (Å²) in [6.45, 7) is 3.03. The van der Waals surface area contributed by atoms with Gasteiger partial charge in [0.15, 0.2) is 0 Å². The van der Waals surface area contributed by atoms with Gasteiger partial charge in [0.2, 0.25) is 0 Å². The first-order valence-electron chi connectivity index (χ1n) is 4.93. The highest BCUT2D eigenvalue weighted by Gasteiger charge is 2.30. The van der Waals surface area contributed by atoms with Crippen LogP contribution in [0.25, 0.3) is 0 Å². The first-order valence-corrected chi connectivity index (χ1v) is 4.93. The maximum atomic E-state index is 11.6. The average molecular weight is 238 g/mol. The van der Waals surface area contributed by atoms with Gasteiger partial charge in [0, 0.05) is 5.57 Å². The monoisotopic (exact) mass is 238 g/mol. The highest BCUT2D eigenvalue weighted by atomic mass is 16.5. The lowest BCUT2D eigenvalue weighted by Gasteiger charge is -2.05. The van der Waals surface area contributed by atoms with Crippen molar-refractivity contribution < 1.29 is 24.2 Å². The second kappa shape index (κ2) is 4.86. The molecule has 1 aliphatic rings. The topological polar surface area (TPSA) is 72.8 Å². The molecule has 0 aromatic heterocycles. The van der Waals surface area contributed by atoms with E-state index >= 15 is 0 Å². The summed E-state index contributed by atoms with van der Waals surface area (Å²) in [5, 5.41) is 9.50. The lowest BCUT2D eigenvalue weighted by atomic mass is 10.1. The van der Waals surface area contributed by atoms with Crippen molar-refractivity contribution >= 4 is 11.9 Å². The van der Waals surface area contributed by atoms with E-state index in [0.717, 1.165) is 0 Å². The number of allylic oxidation sites excluding steroid dienone is 2. The van der Waals surface area contributed by atoms with Gasteiger partial charge in [-0.05, 0) is 25.5 Å². The Morgan fingerprint density at radius 3 is 2.12 bits per heavy atom. The van der Waals surface area contributed by atoms with Crippen LogP contribution in [0.1, 0.15) is 13.8 Å². The highest BCUT2D eigenvalue weighted by Crippen LogP contribution is 2.33. The molecule has 0 fully saturated rings. The summed E-state index contributed by atoms with van der Waals surface area (Å²) in [6, 6.07) is 0. The quantitative estimate of drug-likeness (QED) is 0.581. The number of carbonyl (C=O) groups excluding carboxylic acids is 2. The molecule has 0 heterocycles. The van der Waals surface area contributed by atoms with Crippen LogP contribution in [0.5, 0.6) is 0 Å². The van der Waals surface area contributed by atoms with Crippen LogP contribution in [0.15, 0.2) is 34.1 Å². The molecule has 0 amide bonds. The minimum atomic E-state index is -0.596. The minimum Gasteiger partial charge on any atom is -0.512 e. The summed E-state index contributed by atoms with van der Waals surface area (Å²) in [5.41, 5.74) is 1.16. The van der Waals surface area contributed by atoms with E-state index in [1.54, 1.807) is 6.92 Å². The summed E-state index contributed by atoms with van der Waals surface area (Å²) in [6.07, 6.45) is 1.42. The highest BCUT2D eigenvalue weighted by molar-refractivity contribution is 6.05. The molecule has 0 bridgehead atoms. The molecule has 0 spiro atoms. The third kappa shape index (κ3) is 2.22. The van der Waals surface area contributed by atoms with Crippen LogP contribution < -0.4 is 0 Å². The molecule has 5 heteroatoms. The van der Waals surface area contributed by atoms with Gasteiger partial charge in [0.1, 0.15) is 0 Å². The molecule has 1 rings (SSSR count). The number of hydrogen-bond donors (Lipinski definition) is 1. The third-order valence-electron chi connectivity index (χ3n) is 2.52. The Kier molecular flexibility index (Phi) is 3.73. The Morgan fingerprint density at radius 1 is 1.18 bits per heavy atom. The lowest BCUT2D eigenvalue weighted by Crippen LogP contribution is -2.09. The van der Waals surface area contributed by atoms with E-state index in [4.69, 9.17) is 0 Å². The Morgan fingerprint density at radius 2 is 1.71 bits per heavy atom. The van der Waals surface area contributed by atoms with Crippen LogP contribution in [0, 0.1) is 0 Å². The average Bonchev–Trinajstić information content (AvgIpc) is 2.65. The first-order chi connectivity index (χ1) is 7.93. The van der Waals surface area contributed by atoms with Crippen LogP contribution in [-0.4, -0.2) is 31.3 Å². The van der Waals surface area contributed by atoms with Crippen LogP contribution in [0.4, 0.5) is 0 Å². The number of methoxy groups -OCH3 is 2. The van der Waals surface area contributed by atoms with E-state index in [9.17, 15) is 14.7 Å². The zero-order chi connectivity index (χ0) is 13.2. The predicted molar refractivity (Wildman–Crippen MR) is 60.1 cm³/mol. The van der Waals surface area contributed by atoms with Crippen molar-refractivity contribution in [3.8, 4) is 0 Å². The van der Waals surface area contributed by atoms with E-state index in [0.29, 0.717) is 5.57 Å². The normalized spacial score (nSPS) is 17.8. The zero-order valence-corrected chi connectivity index (χ0v) is 10.2. The molecule has 0 atom stereocenters. The van der Waals surface area contributed by atoms with Crippen molar-refractivity contribution in [2.75, 3.05) is 14.2 Å². The fourth-order valence-corrected chi connectivity index (χ4v) is 1.63. The maximum absolute atomic E-state index is 11.6. The molecule has 5 nitrogen and oxygen atoms in total. The van der Waals surface area contributed by atoms with Gasteiger partial charge in [-0.25, -0.2) is 9.59 Å². The molecule has 0 aromatic carbocycles. The molecule has 0 unspecified atom stereocenters. The molecule has 0 aromatic rings. The van der Waals surface area contributed by atoms with Gasteiger partial charge in [-0.15, -0.1) is 0 Å². The summed E-state index contributed by atoms with van der Waals surface area (Å²) < 4.78 is 9.22. The number of ether oxygens (including phenoxy) is 2. The molecule has 1 aliphatic carbocycles. The van der Waals surface area contributed by atoms with Crippen LogP contribution >= 0.6 is 0 Å². The molecule has 0 saturated heterocycles. The first kappa shape index (κ1) is 13.0. The van der Waals surface area contributed by atoms with Crippen molar-refractivity contribution in [3.05, 3.63) is 34.1 Å². The van der Waals surface area contributed by atoms with Crippen molar-refractivity contribution in [1.29, 1.82) is 0 Å². The van der Waals surface area contributed by atoms with Gasteiger partial charge < -0.3 is 14.6 Å². The summed E-state index contributed by atoms with van der Waals surface area (Å²) in [4.78, 5) is 23.1. The molecule has 17 heavy (non-hydrogen) atoms. The molecule has 0 radical (unpaired) electrons. The largest absolute Gasteiger partial charge is 0.512 e. The standard InChI is InChI=1S/C12H14O5/c1-6-8(11(14)16-3)5-9(7(2)13)10(6)12(15)17-4/h5,13H,1-4H3/b9-7-. The van der Waals surface area contributed by atoms with Gasteiger partial charge in [-0.3, -0.25) is 0 Å². The van der Waals surface area contributed by atoms with E-state index in [2.05, 4.69) is 9.47 Å². The Bertz CT molecular complexity index is 461. The Labute approximate surface area is 99.0 Å². The fraction of sp³-hybridized carbons (Fsp3) is 0.333. The van der Waals surface area contributed by atoms with Gasteiger partial charge in [0.25, 0.3) is 0 Å². The number of carbonyl (C=O) groups is 2. The second-order valence-corrected chi connectivity index (χ2v) is 3.54. The summed E-state index contributed by atoms with van der Waals surface area (Å²) in [7, 11) is 2.49. The number of aliphatic hydroxyl groups is 1. The molecular weight excluding hydrogens is 224 g/mol. The van der Waals surface area contributed by atoms with Crippen molar-refractivity contribution in [2.24, 2.45) is 0 Å². The molecule has 92 valence electrons. The number of esters is 2. The zero-order valence-electron chi connectivity index (χ0n) is 10.2. The van der Waals surface area contributed by atoms with Crippen LogP contribution in [0.3, 0.4) is 0 Å². The molecule has 1 N–H and O–H groups in total.